The van der Waals surface area contributed by atoms with Gasteiger partial charge in [-0.05, 0) is 30.5 Å². The van der Waals surface area contributed by atoms with E-state index in [1.807, 2.05) is 0 Å². The van der Waals surface area contributed by atoms with E-state index in [2.05, 4.69) is 29.6 Å². The van der Waals surface area contributed by atoms with Crippen LogP contribution in [0, 0.1) is 0 Å². The summed E-state index contributed by atoms with van der Waals surface area (Å²) in [7, 11) is 0. The third-order valence-electron chi connectivity index (χ3n) is 3.11. The second-order valence-electron chi connectivity index (χ2n) is 4.30. The van der Waals surface area contributed by atoms with Crippen LogP contribution in [0.15, 0.2) is 24.3 Å². The largest absolute Gasteiger partial charge is 0.355 e. The summed E-state index contributed by atoms with van der Waals surface area (Å²) >= 11 is 0. The molecular weight excluding hydrogens is 200 g/mol. The lowest BCUT2D eigenvalue weighted by Gasteiger charge is -2.30. The Kier molecular flexibility index (Phi) is 3.57. The van der Waals surface area contributed by atoms with Crippen LogP contribution in [0.3, 0.4) is 0 Å². The lowest BCUT2D eigenvalue weighted by atomic mass is 9.77. The third-order valence-corrected chi connectivity index (χ3v) is 3.11. The average molecular weight is 218 g/mol. The number of nitrogens with one attached hydrogen (secondary N) is 1. The number of benzene rings is 1. The standard InChI is InChI=1S/C13H18N2O/c14-7-3-6-13(16)15-9-11-8-10-4-1-2-5-12(10)11/h1-2,4-5,11H,3,6-9,14H2,(H,15,16). The number of hydrogen-bond donors (Lipinski definition) is 2. The topological polar surface area (TPSA) is 55.1 Å². The molecule has 16 heavy (non-hydrogen) atoms. The van der Waals surface area contributed by atoms with Gasteiger partial charge in [-0.1, -0.05) is 24.3 Å². The predicted octanol–water partition coefficient (Wildman–Crippen LogP) is 1.18. The van der Waals surface area contributed by atoms with Crippen LogP contribution in [0.25, 0.3) is 0 Å². The van der Waals surface area contributed by atoms with Gasteiger partial charge in [0.2, 0.25) is 5.91 Å². The Morgan fingerprint density at radius 2 is 2.25 bits per heavy atom. The van der Waals surface area contributed by atoms with Crippen LogP contribution in [0.4, 0.5) is 0 Å². The molecule has 0 aromatic heterocycles. The SMILES string of the molecule is NCCCC(=O)NCC1Cc2ccccc21. The molecule has 0 heterocycles. The number of carbonyl (C=O) groups excluding carboxylic acids is 1. The molecule has 1 aromatic rings. The molecule has 2 rings (SSSR count). The molecule has 3 nitrogen and oxygen atoms in total. The fourth-order valence-corrected chi connectivity index (χ4v) is 2.13. The zero-order valence-electron chi connectivity index (χ0n) is 9.41. The Morgan fingerprint density at radius 3 is 3.00 bits per heavy atom. The number of fused-ring (bicyclic) bond motifs is 1. The summed E-state index contributed by atoms with van der Waals surface area (Å²) in [4.78, 5) is 11.4. The van der Waals surface area contributed by atoms with Gasteiger partial charge in [0.05, 0.1) is 0 Å². The van der Waals surface area contributed by atoms with Crippen LogP contribution in [0.1, 0.15) is 29.9 Å². The molecule has 1 aliphatic carbocycles. The zero-order valence-corrected chi connectivity index (χ0v) is 9.41. The average Bonchev–Trinajstić information content (AvgIpc) is 2.27. The molecule has 0 spiro atoms. The molecule has 0 aliphatic heterocycles. The minimum atomic E-state index is 0.120. The fraction of sp³-hybridized carbons (Fsp3) is 0.462. The first kappa shape index (κ1) is 11.1. The quantitative estimate of drug-likeness (QED) is 0.779. The van der Waals surface area contributed by atoms with Gasteiger partial charge < -0.3 is 11.1 Å². The Hall–Kier alpha value is -1.35. The van der Waals surface area contributed by atoms with Gasteiger partial charge in [0.25, 0.3) is 0 Å². The van der Waals surface area contributed by atoms with Gasteiger partial charge >= 0.3 is 0 Å². The number of amides is 1. The van der Waals surface area contributed by atoms with Gasteiger partial charge in [0.15, 0.2) is 0 Å². The number of nitrogens with two attached hydrogens (primary N) is 1. The summed E-state index contributed by atoms with van der Waals surface area (Å²) < 4.78 is 0. The van der Waals surface area contributed by atoms with E-state index in [0.717, 1.165) is 19.4 Å². The Balaban J connectivity index is 1.75. The van der Waals surface area contributed by atoms with Gasteiger partial charge in [-0.2, -0.15) is 0 Å². The van der Waals surface area contributed by atoms with Crippen molar-refractivity contribution in [2.24, 2.45) is 5.73 Å². The molecule has 0 saturated carbocycles. The van der Waals surface area contributed by atoms with Crippen molar-refractivity contribution in [1.29, 1.82) is 0 Å². The van der Waals surface area contributed by atoms with Gasteiger partial charge in [-0.25, -0.2) is 0 Å². The summed E-state index contributed by atoms with van der Waals surface area (Å²) in [5.74, 6) is 0.632. The van der Waals surface area contributed by atoms with E-state index in [1.165, 1.54) is 11.1 Å². The highest BCUT2D eigenvalue weighted by Crippen LogP contribution is 2.33. The molecule has 0 radical (unpaired) electrons. The van der Waals surface area contributed by atoms with E-state index >= 15 is 0 Å². The monoisotopic (exact) mass is 218 g/mol. The van der Waals surface area contributed by atoms with Crippen LogP contribution in [-0.2, 0) is 11.2 Å². The summed E-state index contributed by atoms with van der Waals surface area (Å²) in [5.41, 5.74) is 8.16. The van der Waals surface area contributed by atoms with Crippen LogP contribution in [-0.4, -0.2) is 19.0 Å². The second kappa shape index (κ2) is 5.12. The van der Waals surface area contributed by atoms with Crippen LogP contribution in [0.2, 0.25) is 0 Å². The van der Waals surface area contributed by atoms with E-state index in [0.29, 0.717) is 18.9 Å². The van der Waals surface area contributed by atoms with Crippen LogP contribution >= 0.6 is 0 Å². The van der Waals surface area contributed by atoms with Crippen molar-refractivity contribution in [3.05, 3.63) is 35.4 Å². The van der Waals surface area contributed by atoms with Crippen molar-refractivity contribution in [1.82, 2.24) is 5.32 Å². The second-order valence-corrected chi connectivity index (χ2v) is 4.30. The Labute approximate surface area is 96.0 Å². The molecule has 1 atom stereocenters. The lowest BCUT2D eigenvalue weighted by molar-refractivity contribution is -0.121. The summed E-state index contributed by atoms with van der Waals surface area (Å²) in [5, 5.41) is 2.97. The zero-order chi connectivity index (χ0) is 11.4. The molecule has 1 aliphatic rings. The highest BCUT2D eigenvalue weighted by molar-refractivity contribution is 5.76. The van der Waals surface area contributed by atoms with Crippen LogP contribution in [0.5, 0.6) is 0 Å². The molecule has 1 amide bonds. The highest BCUT2D eigenvalue weighted by atomic mass is 16.1. The molecule has 0 fully saturated rings. The van der Waals surface area contributed by atoms with Crippen molar-refractivity contribution in [3.63, 3.8) is 0 Å². The number of hydrogen-bond acceptors (Lipinski definition) is 2. The predicted molar refractivity (Wildman–Crippen MR) is 64.2 cm³/mol. The molecule has 3 heteroatoms. The van der Waals surface area contributed by atoms with Gasteiger partial charge in [-0.3, -0.25) is 4.79 Å². The van der Waals surface area contributed by atoms with Crippen molar-refractivity contribution in [2.45, 2.75) is 25.2 Å². The van der Waals surface area contributed by atoms with Crippen molar-refractivity contribution < 1.29 is 4.79 Å². The highest BCUT2D eigenvalue weighted by Gasteiger charge is 2.25. The third kappa shape index (κ3) is 2.42. The van der Waals surface area contributed by atoms with E-state index in [4.69, 9.17) is 5.73 Å². The van der Waals surface area contributed by atoms with Gasteiger partial charge in [-0.15, -0.1) is 0 Å². The van der Waals surface area contributed by atoms with Crippen LogP contribution < -0.4 is 11.1 Å². The molecule has 1 unspecified atom stereocenters. The molecule has 1 aromatic carbocycles. The molecule has 86 valence electrons. The molecule has 0 bridgehead atoms. The minimum Gasteiger partial charge on any atom is -0.355 e. The number of rotatable bonds is 5. The lowest BCUT2D eigenvalue weighted by Crippen LogP contribution is -2.33. The molecule has 0 saturated heterocycles. The minimum absolute atomic E-state index is 0.120. The van der Waals surface area contributed by atoms with E-state index in [1.54, 1.807) is 0 Å². The maximum Gasteiger partial charge on any atom is 0.220 e. The Bertz CT molecular complexity index is 376. The maximum absolute atomic E-state index is 11.4. The first-order valence-electron chi connectivity index (χ1n) is 5.86. The summed E-state index contributed by atoms with van der Waals surface area (Å²) in [6, 6.07) is 8.42. The molecular formula is C13H18N2O. The smallest absolute Gasteiger partial charge is 0.220 e. The summed E-state index contributed by atoms with van der Waals surface area (Å²) in [6.45, 7) is 1.35. The Morgan fingerprint density at radius 1 is 1.44 bits per heavy atom. The maximum atomic E-state index is 11.4. The summed E-state index contributed by atoms with van der Waals surface area (Å²) in [6.07, 6.45) is 2.41. The van der Waals surface area contributed by atoms with Gasteiger partial charge in [0.1, 0.15) is 0 Å². The number of carbonyl (C=O) groups is 1. The normalized spacial score (nSPS) is 17.4. The van der Waals surface area contributed by atoms with Crippen molar-refractivity contribution >= 4 is 5.91 Å². The molecule has 3 N–H and O–H groups in total. The van der Waals surface area contributed by atoms with E-state index in [9.17, 15) is 4.79 Å². The fourth-order valence-electron chi connectivity index (χ4n) is 2.13. The first-order valence-corrected chi connectivity index (χ1v) is 5.86. The van der Waals surface area contributed by atoms with E-state index < -0.39 is 0 Å². The van der Waals surface area contributed by atoms with Crippen molar-refractivity contribution in [2.75, 3.05) is 13.1 Å². The van der Waals surface area contributed by atoms with Gasteiger partial charge in [0, 0.05) is 18.9 Å². The van der Waals surface area contributed by atoms with Crippen molar-refractivity contribution in [3.8, 4) is 0 Å². The van der Waals surface area contributed by atoms with E-state index in [-0.39, 0.29) is 5.91 Å². The first-order chi connectivity index (χ1) is 7.81.